The normalized spacial score (nSPS) is 19.9. The zero-order valence-electron chi connectivity index (χ0n) is 15.9. The quantitative estimate of drug-likeness (QED) is 0.286. The van der Waals surface area contributed by atoms with Gasteiger partial charge in [0.25, 0.3) is 0 Å². The van der Waals surface area contributed by atoms with Gasteiger partial charge < -0.3 is 32.1 Å². The summed E-state index contributed by atoms with van der Waals surface area (Å²) in [7, 11) is 0. The Bertz CT molecular complexity index is 554. The number of nitrogens with one attached hydrogen (secondary N) is 2. The van der Waals surface area contributed by atoms with Gasteiger partial charge in [0.15, 0.2) is 0 Å². The maximum absolute atomic E-state index is 13.0. The van der Waals surface area contributed by atoms with Crippen LogP contribution in [0.4, 0.5) is 0 Å². The van der Waals surface area contributed by atoms with E-state index >= 15 is 0 Å². The van der Waals surface area contributed by atoms with Crippen LogP contribution in [0.5, 0.6) is 0 Å². The highest BCUT2D eigenvalue weighted by atomic mass is 16.4. The summed E-state index contributed by atoms with van der Waals surface area (Å²) in [6, 6.07) is -3.35. The van der Waals surface area contributed by atoms with Crippen molar-refractivity contribution in [1.29, 1.82) is 0 Å². The maximum Gasteiger partial charge on any atom is 0.325 e. The van der Waals surface area contributed by atoms with E-state index in [-0.39, 0.29) is 5.91 Å². The number of carbonyl (C=O) groups is 4. The van der Waals surface area contributed by atoms with Crippen LogP contribution < -0.4 is 22.1 Å². The van der Waals surface area contributed by atoms with Gasteiger partial charge in [0.2, 0.25) is 17.7 Å². The average Bonchev–Trinajstić information content (AvgIpc) is 3.09. The molecule has 1 aliphatic rings. The maximum atomic E-state index is 13.0. The van der Waals surface area contributed by atoms with E-state index in [9.17, 15) is 19.2 Å². The fourth-order valence-corrected chi connectivity index (χ4v) is 2.93. The van der Waals surface area contributed by atoms with Crippen molar-refractivity contribution in [2.24, 2.45) is 11.5 Å². The van der Waals surface area contributed by atoms with Crippen molar-refractivity contribution in [3.05, 3.63) is 0 Å². The van der Waals surface area contributed by atoms with Gasteiger partial charge in [0, 0.05) is 6.54 Å². The number of aliphatic carboxylic acids is 1. The summed E-state index contributed by atoms with van der Waals surface area (Å²) in [6.45, 7) is 3.74. The van der Waals surface area contributed by atoms with E-state index in [2.05, 4.69) is 10.6 Å². The fraction of sp³-hybridized carbons (Fsp3) is 0.765. The number of carboxylic acid groups (broad SMARTS) is 1. The predicted molar refractivity (Wildman–Crippen MR) is 98.5 cm³/mol. The van der Waals surface area contributed by atoms with Crippen molar-refractivity contribution in [1.82, 2.24) is 15.5 Å². The molecule has 10 nitrogen and oxygen atoms in total. The minimum atomic E-state index is -1.15. The van der Waals surface area contributed by atoms with Gasteiger partial charge in [-0.15, -0.1) is 0 Å². The number of carbonyl (C=O) groups excluding carboxylic acids is 3. The van der Waals surface area contributed by atoms with Crippen LogP contribution in [0.25, 0.3) is 0 Å². The van der Waals surface area contributed by atoms with Crippen molar-refractivity contribution < 1.29 is 24.3 Å². The van der Waals surface area contributed by atoms with Gasteiger partial charge in [-0.25, -0.2) is 0 Å². The number of amides is 3. The fourth-order valence-electron chi connectivity index (χ4n) is 2.93. The van der Waals surface area contributed by atoms with E-state index in [1.165, 1.54) is 18.7 Å². The monoisotopic (exact) mass is 385 g/mol. The number of nitrogens with two attached hydrogens (primary N) is 2. The molecule has 4 atom stereocenters. The molecule has 1 fully saturated rings. The summed E-state index contributed by atoms with van der Waals surface area (Å²) in [5, 5.41) is 14.0. The van der Waals surface area contributed by atoms with Gasteiger partial charge in [0.1, 0.15) is 18.1 Å². The molecule has 7 N–H and O–H groups in total. The Balaban J connectivity index is 2.85. The number of nitrogens with zero attached hydrogens (tertiary/aromatic N) is 1. The molecular formula is C17H31N5O5. The number of carboxylic acids is 1. The number of unbranched alkanes of at least 4 members (excludes halogenated alkanes) is 1. The molecule has 0 saturated carbocycles. The first-order valence-electron chi connectivity index (χ1n) is 9.28. The first-order chi connectivity index (χ1) is 12.7. The molecule has 0 aromatic rings. The first kappa shape index (κ1) is 22.8. The number of likely N-dealkylation sites (tertiary alicyclic amines) is 1. The van der Waals surface area contributed by atoms with Crippen LogP contribution in [0.3, 0.4) is 0 Å². The number of rotatable bonds is 10. The second-order valence-electron chi connectivity index (χ2n) is 6.89. The van der Waals surface area contributed by atoms with Gasteiger partial charge in [-0.05, 0) is 52.5 Å². The number of hydrogen-bond acceptors (Lipinski definition) is 6. The Morgan fingerprint density at radius 1 is 1.19 bits per heavy atom. The lowest BCUT2D eigenvalue weighted by Gasteiger charge is -2.29. The number of hydrogen-bond donors (Lipinski definition) is 5. The largest absolute Gasteiger partial charge is 0.480 e. The van der Waals surface area contributed by atoms with E-state index < -0.39 is 42.0 Å². The molecule has 10 heteroatoms. The highest BCUT2D eigenvalue weighted by Crippen LogP contribution is 2.20. The smallest absolute Gasteiger partial charge is 0.325 e. The molecule has 0 aromatic heterocycles. The Morgan fingerprint density at radius 2 is 1.85 bits per heavy atom. The van der Waals surface area contributed by atoms with Crippen molar-refractivity contribution in [3.63, 3.8) is 0 Å². The molecule has 0 radical (unpaired) electrons. The van der Waals surface area contributed by atoms with E-state index in [1.807, 2.05) is 0 Å². The molecule has 1 heterocycles. The highest BCUT2D eigenvalue weighted by molar-refractivity contribution is 5.94. The van der Waals surface area contributed by atoms with Gasteiger partial charge >= 0.3 is 5.97 Å². The lowest BCUT2D eigenvalue weighted by atomic mass is 10.1. The van der Waals surface area contributed by atoms with Crippen LogP contribution in [-0.4, -0.2) is 71.0 Å². The van der Waals surface area contributed by atoms with Crippen molar-refractivity contribution in [3.8, 4) is 0 Å². The predicted octanol–water partition coefficient (Wildman–Crippen LogP) is -1.47. The Labute approximate surface area is 159 Å². The Hall–Kier alpha value is -2.20. The second kappa shape index (κ2) is 10.8. The van der Waals surface area contributed by atoms with Crippen LogP contribution in [0.2, 0.25) is 0 Å². The SMILES string of the molecule is CC(N)C(=O)NC(CCCCN)C(=O)N1CCCC1C(=O)NC(C)C(=O)O. The molecule has 27 heavy (non-hydrogen) atoms. The Kier molecular flexibility index (Phi) is 9.16. The molecule has 0 aromatic carbocycles. The molecule has 0 aliphatic carbocycles. The molecular weight excluding hydrogens is 354 g/mol. The highest BCUT2D eigenvalue weighted by Gasteiger charge is 2.38. The van der Waals surface area contributed by atoms with E-state index in [4.69, 9.17) is 16.6 Å². The summed E-state index contributed by atoms with van der Waals surface area (Å²) in [5.41, 5.74) is 11.1. The van der Waals surface area contributed by atoms with Gasteiger partial charge in [-0.1, -0.05) is 0 Å². The van der Waals surface area contributed by atoms with E-state index in [0.29, 0.717) is 45.2 Å². The zero-order chi connectivity index (χ0) is 20.6. The molecule has 154 valence electrons. The summed E-state index contributed by atoms with van der Waals surface area (Å²) >= 11 is 0. The van der Waals surface area contributed by atoms with Crippen LogP contribution in [0, 0.1) is 0 Å². The van der Waals surface area contributed by atoms with Gasteiger partial charge in [0.05, 0.1) is 6.04 Å². The zero-order valence-corrected chi connectivity index (χ0v) is 15.9. The molecule has 4 unspecified atom stereocenters. The van der Waals surface area contributed by atoms with E-state index in [1.54, 1.807) is 0 Å². The standard InChI is InChI=1S/C17H31N5O5/c1-10(19)14(23)21-12(6-3-4-8-18)16(25)22-9-5-7-13(22)15(24)20-11(2)17(26)27/h10-13H,3-9,18-19H2,1-2H3,(H,20,24)(H,21,23)(H,26,27). The summed E-state index contributed by atoms with van der Waals surface area (Å²) in [4.78, 5) is 49.7. The van der Waals surface area contributed by atoms with Crippen molar-refractivity contribution in [2.75, 3.05) is 13.1 Å². The minimum absolute atomic E-state index is 0.360. The third-order valence-electron chi connectivity index (χ3n) is 4.54. The summed E-state index contributed by atoms with van der Waals surface area (Å²) < 4.78 is 0. The van der Waals surface area contributed by atoms with Crippen molar-refractivity contribution >= 4 is 23.7 Å². The second-order valence-corrected chi connectivity index (χ2v) is 6.89. The molecule has 0 spiro atoms. The first-order valence-corrected chi connectivity index (χ1v) is 9.28. The van der Waals surface area contributed by atoms with E-state index in [0.717, 1.165) is 0 Å². The topological polar surface area (TPSA) is 168 Å². The van der Waals surface area contributed by atoms with Crippen LogP contribution in [0.15, 0.2) is 0 Å². The molecule has 0 bridgehead atoms. The third-order valence-corrected chi connectivity index (χ3v) is 4.54. The third kappa shape index (κ3) is 6.79. The molecule has 1 rings (SSSR count). The van der Waals surface area contributed by atoms with Crippen molar-refractivity contribution in [2.45, 2.75) is 70.1 Å². The lowest BCUT2D eigenvalue weighted by Crippen LogP contribution is -2.56. The summed E-state index contributed by atoms with van der Waals surface area (Å²) in [5.74, 6) is -2.46. The molecule has 1 saturated heterocycles. The summed E-state index contributed by atoms with van der Waals surface area (Å²) in [6.07, 6.45) is 2.82. The van der Waals surface area contributed by atoms with Crippen LogP contribution >= 0.6 is 0 Å². The minimum Gasteiger partial charge on any atom is -0.480 e. The Morgan fingerprint density at radius 3 is 2.41 bits per heavy atom. The lowest BCUT2D eigenvalue weighted by molar-refractivity contribution is -0.144. The van der Waals surface area contributed by atoms with Crippen LogP contribution in [0.1, 0.15) is 46.0 Å². The molecule has 3 amide bonds. The van der Waals surface area contributed by atoms with Gasteiger partial charge in [-0.2, -0.15) is 0 Å². The molecule has 1 aliphatic heterocycles. The average molecular weight is 385 g/mol. The van der Waals surface area contributed by atoms with Crippen LogP contribution in [-0.2, 0) is 19.2 Å². The van der Waals surface area contributed by atoms with Gasteiger partial charge in [-0.3, -0.25) is 19.2 Å².